The number of benzene rings is 1. The summed E-state index contributed by atoms with van der Waals surface area (Å²) in [6.45, 7) is 2.19. The van der Waals surface area contributed by atoms with Gasteiger partial charge in [-0.25, -0.2) is 0 Å². The molecule has 2 aromatic rings. The largest absolute Gasteiger partial charge is 0.399 e. The highest BCUT2D eigenvalue weighted by Gasteiger charge is 2.05. The van der Waals surface area contributed by atoms with Crippen LogP contribution in [0, 0.1) is 0 Å². The maximum Gasteiger partial charge on any atom is 0.0501 e. The molecule has 0 saturated carbocycles. The molecule has 15 heavy (non-hydrogen) atoms. The molecule has 80 valence electrons. The highest BCUT2D eigenvalue weighted by Crippen LogP contribution is 2.25. The van der Waals surface area contributed by atoms with Crippen molar-refractivity contribution in [3.8, 4) is 0 Å². The summed E-state index contributed by atoms with van der Waals surface area (Å²) in [5.74, 6) is 2.24. The van der Waals surface area contributed by atoms with Crippen LogP contribution in [0.3, 0.4) is 0 Å². The number of hydrogen-bond acceptors (Lipinski definition) is 2. The molecule has 0 saturated heterocycles. The van der Waals surface area contributed by atoms with Gasteiger partial charge in [0.05, 0.1) is 5.52 Å². The zero-order valence-corrected chi connectivity index (χ0v) is 9.97. The molecule has 0 fully saturated rings. The Balaban J connectivity index is 2.48. The van der Waals surface area contributed by atoms with Gasteiger partial charge >= 0.3 is 0 Å². The van der Waals surface area contributed by atoms with Crippen molar-refractivity contribution >= 4 is 28.4 Å². The highest BCUT2D eigenvalue weighted by molar-refractivity contribution is 7.98. The molecule has 2 N–H and O–H groups in total. The van der Waals surface area contributed by atoms with E-state index >= 15 is 0 Å². The monoisotopic (exact) mass is 220 g/mol. The summed E-state index contributed by atoms with van der Waals surface area (Å²) >= 11 is 1.95. The molecule has 0 bridgehead atoms. The second-order valence-corrected chi connectivity index (χ2v) is 4.95. The van der Waals surface area contributed by atoms with Gasteiger partial charge in [0.25, 0.3) is 0 Å². The van der Waals surface area contributed by atoms with Crippen molar-refractivity contribution < 1.29 is 0 Å². The molecule has 0 aliphatic carbocycles. The van der Waals surface area contributed by atoms with Gasteiger partial charge in [0.15, 0.2) is 0 Å². The van der Waals surface area contributed by atoms with Crippen molar-refractivity contribution in [2.24, 2.45) is 7.05 Å². The number of rotatable bonds is 3. The Hall–Kier alpha value is -1.09. The Labute approximate surface area is 94.5 Å². The number of nitrogen functional groups attached to an aromatic ring is 1. The summed E-state index contributed by atoms with van der Waals surface area (Å²) in [6.07, 6.45) is 2.20. The molecule has 2 nitrogen and oxygen atoms in total. The van der Waals surface area contributed by atoms with E-state index in [1.807, 2.05) is 23.9 Å². The highest BCUT2D eigenvalue weighted by atomic mass is 32.2. The molecule has 2 rings (SSSR count). The number of aromatic nitrogens is 1. The van der Waals surface area contributed by atoms with E-state index in [-0.39, 0.29) is 0 Å². The molecule has 3 heteroatoms. The van der Waals surface area contributed by atoms with Gasteiger partial charge in [-0.1, -0.05) is 13.0 Å². The minimum atomic E-state index is 0.832. The molecule has 1 heterocycles. The van der Waals surface area contributed by atoms with Crippen molar-refractivity contribution in [3.63, 3.8) is 0 Å². The van der Waals surface area contributed by atoms with Gasteiger partial charge < -0.3 is 10.3 Å². The quantitative estimate of drug-likeness (QED) is 0.806. The number of hydrogen-bond donors (Lipinski definition) is 1. The van der Waals surface area contributed by atoms with Crippen molar-refractivity contribution in [1.82, 2.24) is 4.57 Å². The lowest BCUT2D eigenvalue weighted by atomic mass is 10.2. The van der Waals surface area contributed by atoms with Crippen LogP contribution in [0.15, 0.2) is 24.4 Å². The van der Waals surface area contributed by atoms with Crippen molar-refractivity contribution in [1.29, 1.82) is 0 Å². The van der Waals surface area contributed by atoms with Crippen LogP contribution in [-0.2, 0) is 12.8 Å². The van der Waals surface area contributed by atoms with Gasteiger partial charge in [0, 0.05) is 30.1 Å². The van der Waals surface area contributed by atoms with Crippen molar-refractivity contribution in [2.75, 3.05) is 11.5 Å². The number of anilines is 1. The summed E-state index contributed by atoms with van der Waals surface area (Å²) in [5.41, 5.74) is 9.24. The lowest BCUT2D eigenvalue weighted by Crippen LogP contribution is -1.87. The molecule has 0 spiro atoms. The molecule has 0 aliphatic heterocycles. The third-order valence-corrected chi connectivity index (χ3v) is 3.48. The second-order valence-electron chi connectivity index (χ2n) is 3.68. The minimum absolute atomic E-state index is 0.832. The fourth-order valence-electron chi connectivity index (χ4n) is 1.81. The molecule has 0 atom stereocenters. The van der Waals surface area contributed by atoms with Gasteiger partial charge in [-0.15, -0.1) is 0 Å². The Kier molecular flexibility index (Phi) is 2.91. The summed E-state index contributed by atoms with van der Waals surface area (Å²) in [4.78, 5) is 0. The lowest BCUT2D eigenvalue weighted by Gasteiger charge is -1.98. The fourth-order valence-corrected chi connectivity index (χ4v) is 2.47. The first-order valence-corrected chi connectivity index (χ1v) is 6.29. The number of aryl methyl sites for hydroxylation is 1. The number of nitrogens with zero attached hydrogens (tertiary/aromatic N) is 1. The van der Waals surface area contributed by atoms with Crippen LogP contribution in [0.1, 0.15) is 12.5 Å². The molecule has 0 amide bonds. The van der Waals surface area contributed by atoms with E-state index in [2.05, 4.69) is 30.8 Å². The smallest absolute Gasteiger partial charge is 0.0501 e. The molecule has 0 radical (unpaired) electrons. The van der Waals surface area contributed by atoms with Crippen LogP contribution in [0.2, 0.25) is 0 Å². The summed E-state index contributed by atoms with van der Waals surface area (Å²) < 4.78 is 2.15. The average Bonchev–Trinajstić information content (AvgIpc) is 2.53. The zero-order valence-electron chi connectivity index (χ0n) is 9.16. The summed E-state index contributed by atoms with van der Waals surface area (Å²) in [5, 5.41) is 1.33. The first kappa shape index (κ1) is 10.4. The van der Waals surface area contributed by atoms with Gasteiger partial charge in [0.1, 0.15) is 0 Å². The van der Waals surface area contributed by atoms with Gasteiger partial charge in [-0.05, 0) is 23.4 Å². The summed E-state index contributed by atoms with van der Waals surface area (Å²) in [6, 6.07) is 6.13. The topological polar surface area (TPSA) is 30.9 Å². The van der Waals surface area contributed by atoms with Crippen LogP contribution in [-0.4, -0.2) is 10.3 Å². The molecule has 0 unspecified atom stereocenters. The van der Waals surface area contributed by atoms with E-state index in [4.69, 9.17) is 5.73 Å². The predicted octanol–water partition coefficient (Wildman–Crippen LogP) is 3.01. The van der Waals surface area contributed by atoms with Crippen LogP contribution < -0.4 is 5.73 Å². The Morgan fingerprint density at radius 2 is 2.20 bits per heavy atom. The summed E-state index contributed by atoms with van der Waals surface area (Å²) in [7, 11) is 2.07. The normalized spacial score (nSPS) is 11.1. The molecular weight excluding hydrogens is 204 g/mol. The standard InChI is InChI=1S/C12H16N2S/c1-3-15-8-9-7-14(2)12-6-10(13)4-5-11(9)12/h4-7H,3,8,13H2,1-2H3. The zero-order chi connectivity index (χ0) is 10.8. The van der Waals surface area contributed by atoms with E-state index in [1.54, 1.807) is 0 Å². The Bertz CT molecular complexity index is 474. The van der Waals surface area contributed by atoms with Crippen LogP contribution in [0.4, 0.5) is 5.69 Å². The Morgan fingerprint density at radius 3 is 2.93 bits per heavy atom. The molecule has 1 aromatic heterocycles. The molecule has 1 aromatic carbocycles. The van der Waals surface area contributed by atoms with Crippen LogP contribution >= 0.6 is 11.8 Å². The van der Waals surface area contributed by atoms with Crippen LogP contribution in [0.25, 0.3) is 10.9 Å². The fraction of sp³-hybridized carbons (Fsp3) is 0.333. The van der Waals surface area contributed by atoms with Crippen molar-refractivity contribution in [3.05, 3.63) is 30.0 Å². The van der Waals surface area contributed by atoms with Gasteiger partial charge in [0.2, 0.25) is 0 Å². The maximum absolute atomic E-state index is 5.78. The average molecular weight is 220 g/mol. The molecule has 0 aliphatic rings. The predicted molar refractivity (Wildman–Crippen MR) is 69.2 cm³/mol. The SMILES string of the molecule is CCSCc1cn(C)c2cc(N)ccc12. The van der Waals surface area contributed by atoms with E-state index < -0.39 is 0 Å². The third kappa shape index (κ3) is 1.97. The number of nitrogens with two attached hydrogens (primary N) is 1. The van der Waals surface area contributed by atoms with E-state index in [1.165, 1.54) is 16.5 Å². The first-order valence-electron chi connectivity index (χ1n) is 5.13. The van der Waals surface area contributed by atoms with E-state index in [9.17, 15) is 0 Å². The number of thioether (sulfide) groups is 1. The third-order valence-electron chi connectivity index (χ3n) is 2.56. The van der Waals surface area contributed by atoms with E-state index in [0.29, 0.717) is 0 Å². The number of fused-ring (bicyclic) bond motifs is 1. The van der Waals surface area contributed by atoms with Crippen LogP contribution in [0.5, 0.6) is 0 Å². The second kappa shape index (κ2) is 4.19. The lowest BCUT2D eigenvalue weighted by molar-refractivity contribution is 0.963. The Morgan fingerprint density at radius 1 is 1.40 bits per heavy atom. The van der Waals surface area contributed by atoms with Gasteiger partial charge in [-0.2, -0.15) is 11.8 Å². The van der Waals surface area contributed by atoms with Gasteiger partial charge in [-0.3, -0.25) is 0 Å². The van der Waals surface area contributed by atoms with E-state index in [0.717, 1.165) is 17.2 Å². The maximum atomic E-state index is 5.78. The first-order chi connectivity index (χ1) is 7.22. The molecular formula is C12H16N2S. The van der Waals surface area contributed by atoms with Crippen molar-refractivity contribution in [2.45, 2.75) is 12.7 Å². The minimum Gasteiger partial charge on any atom is -0.399 e.